The van der Waals surface area contributed by atoms with E-state index in [-0.39, 0.29) is 22.6 Å². The first-order valence-corrected chi connectivity index (χ1v) is 5.71. The molecule has 0 aromatic heterocycles. The van der Waals surface area contributed by atoms with E-state index in [0.717, 1.165) is 0 Å². The Bertz CT molecular complexity index is 683. The molecule has 6 heteroatoms. The summed E-state index contributed by atoms with van der Waals surface area (Å²) in [5.41, 5.74) is 6.18. The standard InChI is InChI=1S/C14H12N2O4/c15-10-4-2-1-3-9(10)13(18)16-11-7-8(14(19)20)5-6-12(11)17/h1-7,17H,15H2,(H,16,18)(H,19,20). The Balaban J connectivity index is 2.30. The first-order valence-electron chi connectivity index (χ1n) is 5.71. The quantitative estimate of drug-likeness (QED) is 0.503. The molecule has 102 valence electrons. The van der Waals surface area contributed by atoms with Crippen LogP contribution in [-0.4, -0.2) is 22.1 Å². The average Bonchev–Trinajstić information content (AvgIpc) is 2.41. The zero-order valence-electron chi connectivity index (χ0n) is 10.3. The molecule has 0 spiro atoms. The van der Waals surface area contributed by atoms with E-state index in [2.05, 4.69) is 5.32 Å². The smallest absolute Gasteiger partial charge is 0.335 e. The molecule has 0 fully saturated rings. The van der Waals surface area contributed by atoms with Crippen LogP contribution in [0.15, 0.2) is 42.5 Å². The van der Waals surface area contributed by atoms with Crippen LogP contribution in [0, 0.1) is 0 Å². The molecule has 20 heavy (non-hydrogen) atoms. The summed E-state index contributed by atoms with van der Waals surface area (Å²) >= 11 is 0. The number of benzene rings is 2. The summed E-state index contributed by atoms with van der Waals surface area (Å²) in [6, 6.07) is 10.1. The number of carboxylic acid groups (broad SMARTS) is 1. The summed E-state index contributed by atoms with van der Waals surface area (Å²) in [7, 11) is 0. The summed E-state index contributed by atoms with van der Waals surface area (Å²) < 4.78 is 0. The van der Waals surface area contributed by atoms with Crippen molar-refractivity contribution in [2.24, 2.45) is 0 Å². The number of rotatable bonds is 3. The Morgan fingerprint density at radius 3 is 2.45 bits per heavy atom. The molecule has 0 atom stereocenters. The largest absolute Gasteiger partial charge is 0.506 e. The zero-order valence-corrected chi connectivity index (χ0v) is 10.3. The Kier molecular flexibility index (Phi) is 3.56. The summed E-state index contributed by atoms with van der Waals surface area (Å²) in [6.45, 7) is 0. The lowest BCUT2D eigenvalue weighted by Gasteiger charge is -2.09. The normalized spacial score (nSPS) is 10.0. The van der Waals surface area contributed by atoms with Crippen LogP contribution in [0.25, 0.3) is 0 Å². The second-order valence-corrected chi connectivity index (χ2v) is 4.08. The number of carboxylic acids is 1. The number of anilines is 2. The van der Waals surface area contributed by atoms with Gasteiger partial charge in [0.05, 0.1) is 16.8 Å². The van der Waals surface area contributed by atoms with Crippen molar-refractivity contribution >= 4 is 23.3 Å². The third-order valence-electron chi connectivity index (χ3n) is 2.70. The van der Waals surface area contributed by atoms with Crippen LogP contribution in [0.4, 0.5) is 11.4 Å². The lowest BCUT2D eigenvalue weighted by atomic mass is 10.1. The molecule has 0 aliphatic carbocycles. The van der Waals surface area contributed by atoms with E-state index >= 15 is 0 Å². The van der Waals surface area contributed by atoms with E-state index in [4.69, 9.17) is 10.8 Å². The number of nitrogens with two attached hydrogens (primary N) is 1. The van der Waals surface area contributed by atoms with E-state index in [1.165, 1.54) is 24.3 Å². The van der Waals surface area contributed by atoms with Crippen molar-refractivity contribution in [2.45, 2.75) is 0 Å². The third kappa shape index (κ3) is 2.69. The Morgan fingerprint density at radius 1 is 1.10 bits per heavy atom. The molecule has 0 aliphatic heterocycles. The second kappa shape index (κ2) is 5.31. The number of hydrogen-bond acceptors (Lipinski definition) is 4. The molecule has 5 N–H and O–H groups in total. The van der Waals surface area contributed by atoms with Crippen LogP contribution in [-0.2, 0) is 0 Å². The van der Waals surface area contributed by atoms with E-state index in [9.17, 15) is 14.7 Å². The highest BCUT2D eigenvalue weighted by Gasteiger charge is 2.13. The van der Waals surface area contributed by atoms with Crippen molar-refractivity contribution in [3.63, 3.8) is 0 Å². The number of hydrogen-bond donors (Lipinski definition) is 4. The van der Waals surface area contributed by atoms with Crippen LogP contribution < -0.4 is 11.1 Å². The van der Waals surface area contributed by atoms with Crippen molar-refractivity contribution in [3.8, 4) is 5.75 Å². The van der Waals surface area contributed by atoms with Crippen molar-refractivity contribution in [3.05, 3.63) is 53.6 Å². The number of carbonyl (C=O) groups is 2. The minimum absolute atomic E-state index is 0.0122. The predicted molar refractivity (Wildman–Crippen MR) is 73.9 cm³/mol. The number of para-hydroxylation sites is 1. The van der Waals surface area contributed by atoms with Gasteiger partial charge in [-0.1, -0.05) is 12.1 Å². The maximum absolute atomic E-state index is 12.0. The number of aromatic hydroxyl groups is 1. The van der Waals surface area contributed by atoms with Gasteiger partial charge < -0.3 is 21.3 Å². The monoisotopic (exact) mass is 272 g/mol. The lowest BCUT2D eigenvalue weighted by molar-refractivity contribution is 0.0696. The Hall–Kier alpha value is -3.02. The molecule has 0 heterocycles. The maximum atomic E-state index is 12.0. The van der Waals surface area contributed by atoms with E-state index in [1.54, 1.807) is 18.2 Å². The number of nitrogens with one attached hydrogen (secondary N) is 1. The van der Waals surface area contributed by atoms with Crippen LogP contribution in [0.2, 0.25) is 0 Å². The second-order valence-electron chi connectivity index (χ2n) is 4.08. The first-order chi connectivity index (χ1) is 9.49. The minimum atomic E-state index is -1.15. The molecular formula is C14H12N2O4. The topological polar surface area (TPSA) is 113 Å². The molecule has 2 aromatic rings. The SMILES string of the molecule is Nc1ccccc1C(=O)Nc1cc(C(=O)O)ccc1O. The summed E-state index contributed by atoms with van der Waals surface area (Å²) in [4.78, 5) is 22.9. The number of carbonyl (C=O) groups excluding carboxylic acids is 1. The molecule has 1 amide bonds. The number of phenols is 1. The number of amides is 1. The van der Waals surface area contributed by atoms with Gasteiger partial charge in [-0.15, -0.1) is 0 Å². The summed E-state index contributed by atoms with van der Waals surface area (Å²) in [5.74, 6) is -1.90. The number of phenolic OH excluding ortho intramolecular Hbond substituents is 1. The maximum Gasteiger partial charge on any atom is 0.335 e. The average molecular weight is 272 g/mol. The highest BCUT2D eigenvalue weighted by Crippen LogP contribution is 2.25. The molecule has 0 bridgehead atoms. The van der Waals surface area contributed by atoms with Gasteiger partial charge in [0, 0.05) is 5.69 Å². The van der Waals surface area contributed by atoms with Crippen LogP contribution >= 0.6 is 0 Å². The van der Waals surface area contributed by atoms with Gasteiger partial charge in [-0.2, -0.15) is 0 Å². The van der Waals surface area contributed by atoms with Gasteiger partial charge >= 0.3 is 5.97 Å². The van der Waals surface area contributed by atoms with Crippen molar-refractivity contribution in [2.75, 3.05) is 11.1 Å². The highest BCUT2D eigenvalue weighted by molar-refractivity contribution is 6.08. The molecule has 0 unspecified atom stereocenters. The first kappa shape index (κ1) is 13.4. The Morgan fingerprint density at radius 2 is 1.80 bits per heavy atom. The summed E-state index contributed by atoms with van der Waals surface area (Å²) in [6.07, 6.45) is 0. The molecule has 2 rings (SSSR count). The van der Waals surface area contributed by atoms with Gasteiger partial charge in [-0.05, 0) is 30.3 Å². The molecule has 6 nitrogen and oxygen atoms in total. The van der Waals surface area contributed by atoms with E-state index < -0.39 is 11.9 Å². The summed E-state index contributed by atoms with van der Waals surface area (Å²) in [5, 5.41) is 21.0. The van der Waals surface area contributed by atoms with Gasteiger partial charge in [0.1, 0.15) is 5.75 Å². The van der Waals surface area contributed by atoms with Gasteiger partial charge in [0.25, 0.3) is 5.91 Å². The third-order valence-corrected chi connectivity index (χ3v) is 2.70. The predicted octanol–water partition coefficient (Wildman–Crippen LogP) is 1.92. The van der Waals surface area contributed by atoms with Crippen molar-refractivity contribution in [1.82, 2.24) is 0 Å². The molecule has 0 saturated heterocycles. The zero-order chi connectivity index (χ0) is 14.7. The van der Waals surface area contributed by atoms with Crippen LogP contribution in [0.1, 0.15) is 20.7 Å². The highest BCUT2D eigenvalue weighted by atomic mass is 16.4. The lowest BCUT2D eigenvalue weighted by Crippen LogP contribution is -2.14. The van der Waals surface area contributed by atoms with Crippen LogP contribution in [0.3, 0.4) is 0 Å². The van der Waals surface area contributed by atoms with Gasteiger partial charge in [-0.3, -0.25) is 4.79 Å². The minimum Gasteiger partial charge on any atom is -0.506 e. The van der Waals surface area contributed by atoms with Gasteiger partial charge in [0.15, 0.2) is 0 Å². The van der Waals surface area contributed by atoms with Gasteiger partial charge in [-0.25, -0.2) is 4.79 Å². The number of nitrogen functional groups attached to an aromatic ring is 1. The van der Waals surface area contributed by atoms with Crippen molar-refractivity contribution < 1.29 is 19.8 Å². The van der Waals surface area contributed by atoms with Crippen molar-refractivity contribution in [1.29, 1.82) is 0 Å². The molecule has 0 aliphatic rings. The van der Waals surface area contributed by atoms with E-state index in [1.807, 2.05) is 0 Å². The van der Waals surface area contributed by atoms with E-state index in [0.29, 0.717) is 5.69 Å². The van der Waals surface area contributed by atoms with Gasteiger partial charge in [0.2, 0.25) is 0 Å². The number of aromatic carboxylic acids is 1. The molecular weight excluding hydrogens is 260 g/mol. The fraction of sp³-hybridized carbons (Fsp3) is 0. The molecule has 2 aromatic carbocycles. The fourth-order valence-corrected chi connectivity index (χ4v) is 1.66. The Labute approximate surface area is 114 Å². The molecule has 0 radical (unpaired) electrons. The van der Waals surface area contributed by atoms with Crippen LogP contribution in [0.5, 0.6) is 5.75 Å². The fourth-order valence-electron chi connectivity index (χ4n) is 1.66. The molecule has 0 saturated carbocycles.